The molecule has 0 aliphatic rings. The fourth-order valence-corrected chi connectivity index (χ4v) is 0.571. The van der Waals surface area contributed by atoms with E-state index in [1.54, 1.807) is 6.07 Å². The summed E-state index contributed by atoms with van der Waals surface area (Å²) in [6, 6.07) is 1.79. The Kier molecular flexibility index (Phi) is 4.15. The molecule has 0 aliphatic heterocycles. The minimum Gasteiger partial charge on any atom is -0.387 e. The van der Waals surface area contributed by atoms with E-state index in [9.17, 15) is 13.2 Å². The lowest BCUT2D eigenvalue weighted by molar-refractivity contribution is -0.0919. The molecule has 0 saturated carbocycles. The van der Waals surface area contributed by atoms with Crippen molar-refractivity contribution in [3.05, 3.63) is 12.3 Å². The van der Waals surface area contributed by atoms with Gasteiger partial charge in [-0.15, -0.1) is 0 Å². The summed E-state index contributed by atoms with van der Waals surface area (Å²) in [6.07, 6.45) is -4.54. The van der Waals surface area contributed by atoms with Gasteiger partial charge in [-0.25, -0.2) is 4.99 Å². The normalized spacial score (nSPS) is 14.6. The maximum atomic E-state index is 11.9. The number of hydrogen-bond acceptors (Lipinski definition) is 2. The van der Waals surface area contributed by atoms with Crippen LogP contribution < -0.4 is 5.73 Å². The zero-order valence-corrected chi connectivity index (χ0v) is 7.60. The van der Waals surface area contributed by atoms with E-state index in [1.165, 1.54) is 6.92 Å². The van der Waals surface area contributed by atoms with Crippen molar-refractivity contribution in [1.82, 2.24) is 0 Å². The Bertz CT molecular complexity index is 285. The molecule has 0 fully saturated rings. The van der Waals surface area contributed by atoms with Gasteiger partial charge in [-0.05, 0) is 0 Å². The third kappa shape index (κ3) is 3.94. The van der Waals surface area contributed by atoms with Crippen molar-refractivity contribution >= 4 is 5.84 Å². The molecule has 78 valence electrons. The van der Waals surface area contributed by atoms with Crippen LogP contribution in [0.5, 0.6) is 0 Å². The quantitative estimate of drug-likeness (QED) is 0.565. The van der Waals surface area contributed by atoms with Gasteiger partial charge in [-0.1, -0.05) is 13.5 Å². The Balaban J connectivity index is 4.54. The van der Waals surface area contributed by atoms with E-state index < -0.39 is 17.8 Å². The molecular weight excluding hydrogens is 195 g/mol. The first kappa shape index (κ1) is 12.5. The summed E-state index contributed by atoms with van der Waals surface area (Å²) >= 11 is 0. The Hall–Kier alpha value is -1.51. The highest BCUT2D eigenvalue weighted by Gasteiger charge is 2.32. The molecule has 6 heteroatoms. The molecule has 0 aromatic heterocycles. The number of hydrogen-bond donors (Lipinski definition) is 1. The summed E-state index contributed by atoms with van der Waals surface area (Å²) in [4.78, 5) is 3.09. The third-order valence-corrected chi connectivity index (χ3v) is 1.49. The van der Waals surface area contributed by atoms with Crippen molar-refractivity contribution in [2.24, 2.45) is 16.6 Å². The minimum atomic E-state index is -4.57. The Morgan fingerprint density at radius 3 is 2.50 bits per heavy atom. The molecule has 3 nitrogen and oxygen atoms in total. The summed E-state index contributed by atoms with van der Waals surface area (Å²) in [5.41, 5.74) is 3.99. The van der Waals surface area contributed by atoms with Crippen molar-refractivity contribution in [3.8, 4) is 6.07 Å². The van der Waals surface area contributed by atoms with Crippen molar-refractivity contribution < 1.29 is 13.2 Å². The fourth-order valence-electron chi connectivity index (χ4n) is 0.571. The van der Waals surface area contributed by atoms with Gasteiger partial charge in [-0.3, -0.25) is 0 Å². The molecule has 1 unspecified atom stereocenters. The smallest absolute Gasteiger partial charge is 0.387 e. The number of aliphatic imine (C=N–C) groups is 1. The number of rotatable bonds is 3. The molecule has 2 N–H and O–H groups in total. The summed E-state index contributed by atoms with van der Waals surface area (Å²) in [6.45, 7) is 4.25. The number of amidine groups is 1. The van der Waals surface area contributed by atoms with Crippen molar-refractivity contribution in [2.75, 3.05) is 0 Å². The summed E-state index contributed by atoms with van der Waals surface area (Å²) < 4.78 is 35.8. The molecule has 0 amide bonds. The van der Waals surface area contributed by atoms with Gasteiger partial charge in [0.2, 0.25) is 0 Å². The predicted octanol–water partition coefficient (Wildman–Crippen LogP) is 1.97. The molecule has 0 aromatic rings. The van der Waals surface area contributed by atoms with E-state index in [2.05, 4.69) is 11.6 Å². The molecule has 0 aromatic carbocycles. The van der Waals surface area contributed by atoms with Gasteiger partial charge in [0.05, 0.1) is 6.07 Å². The van der Waals surface area contributed by atoms with Gasteiger partial charge in [0.15, 0.2) is 0 Å². The first-order valence-electron chi connectivity index (χ1n) is 3.76. The van der Waals surface area contributed by atoms with Crippen molar-refractivity contribution in [1.29, 1.82) is 5.26 Å². The number of nitrogens with two attached hydrogens (primary N) is 1. The summed E-state index contributed by atoms with van der Waals surface area (Å²) in [7, 11) is 0. The Morgan fingerprint density at radius 1 is 1.64 bits per heavy atom. The summed E-state index contributed by atoms with van der Waals surface area (Å²) in [5, 5.41) is 8.27. The highest BCUT2D eigenvalue weighted by molar-refractivity contribution is 5.83. The number of nitrogens with zero attached hydrogens (tertiary/aromatic N) is 2. The third-order valence-electron chi connectivity index (χ3n) is 1.49. The van der Waals surface area contributed by atoms with E-state index in [0.29, 0.717) is 0 Å². The lowest BCUT2D eigenvalue weighted by Gasteiger charge is -2.09. The molecule has 0 heterocycles. The zero-order valence-electron chi connectivity index (χ0n) is 7.60. The molecule has 14 heavy (non-hydrogen) atoms. The number of nitriles is 1. The van der Waals surface area contributed by atoms with Crippen LogP contribution in [0.1, 0.15) is 13.3 Å². The van der Waals surface area contributed by atoms with E-state index in [-0.39, 0.29) is 12.3 Å². The number of allylic oxidation sites excluding steroid dienone is 1. The molecule has 0 radical (unpaired) electrons. The first-order valence-corrected chi connectivity index (χ1v) is 3.76. The van der Waals surface area contributed by atoms with Crippen LogP contribution in [-0.4, -0.2) is 12.0 Å². The second-order valence-corrected chi connectivity index (χ2v) is 2.74. The minimum absolute atomic E-state index is 0.0282. The molecule has 0 rings (SSSR count). The second-order valence-electron chi connectivity index (χ2n) is 2.74. The number of alkyl halides is 3. The first-order chi connectivity index (χ1) is 6.29. The monoisotopic (exact) mass is 205 g/mol. The van der Waals surface area contributed by atoms with Gasteiger partial charge < -0.3 is 5.73 Å². The average Bonchev–Trinajstić information content (AvgIpc) is 2.02. The lowest BCUT2D eigenvalue weighted by atomic mass is 10.1. The van der Waals surface area contributed by atoms with Crippen molar-refractivity contribution in [3.63, 3.8) is 0 Å². The van der Waals surface area contributed by atoms with Gasteiger partial charge in [0.1, 0.15) is 11.5 Å². The topological polar surface area (TPSA) is 62.2 Å². The van der Waals surface area contributed by atoms with E-state index >= 15 is 0 Å². The zero-order chi connectivity index (χ0) is 11.4. The van der Waals surface area contributed by atoms with Crippen LogP contribution in [0.3, 0.4) is 0 Å². The van der Waals surface area contributed by atoms with Gasteiger partial charge in [0.25, 0.3) is 0 Å². The maximum absolute atomic E-state index is 11.9. The van der Waals surface area contributed by atoms with E-state index in [0.717, 1.165) is 0 Å². The second kappa shape index (κ2) is 4.65. The largest absolute Gasteiger partial charge is 0.432 e. The molecule has 0 spiro atoms. The standard InChI is InChI=1S/C8H10F3N3/c1-5(3-4-12)7(13)14-6(2)8(9,10)11/h5H,2-3H2,1H3,(H2,13,14). The molecule has 1 atom stereocenters. The van der Waals surface area contributed by atoms with Gasteiger partial charge in [-0.2, -0.15) is 18.4 Å². The average molecular weight is 205 g/mol. The fraction of sp³-hybridized carbons (Fsp3) is 0.500. The lowest BCUT2D eigenvalue weighted by Crippen LogP contribution is -2.23. The molecule has 0 bridgehead atoms. The van der Waals surface area contributed by atoms with Crippen LogP contribution in [0.2, 0.25) is 0 Å². The van der Waals surface area contributed by atoms with Gasteiger partial charge >= 0.3 is 6.18 Å². The highest BCUT2D eigenvalue weighted by Crippen LogP contribution is 2.25. The predicted molar refractivity (Wildman–Crippen MR) is 46.2 cm³/mol. The number of halogens is 3. The molecule has 0 saturated heterocycles. The van der Waals surface area contributed by atoms with Crippen LogP contribution in [-0.2, 0) is 0 Å². The molecule has 0 aliphatic carbocycles. The molecular formula is C8H10F3N3. The highest BCUT2D eigenvalue weighted by atomic mass is 19.4. The van der Waals surface area contributed by atoms with Crippen LogP contribution in [0.4, 0.5) is 13.2 Å². The van der Waals surface area contributed by atoms with Crippen LogP contribution in [0.15, 0.2) is 17.3 Å². The van der Waals surface area contributed by atoms with Crippen molar-refractivity contribution in [2.45, 2.75) is 19.5 Å². The Labute approximate surface area is 79.7 Å². The van der Waals surface area contributed by atoms with Crippen LogP contribution >= 0.6 is 0 Å². The SMILES string of the molecule is C=C(N=C(N)C(C)CC#N)C(F)(F)F. The van der Waals surface area contributed by atoms with E-state index in [1.807, 2.05) is 0 Å². The van der Waals surface area contributed by atoms with Gasteiger partial charge in [0, 0.05) is 12.3 Å². The maximum Gasteiger partial charge on any atom is 0.432 e. The van der Waals surface area contributed by atoms with E-state index in [4.69, 9.17) is 11.0 Å². The summed E-state index contributed by atoms with van der Waals surface area (Å²) in [5.74, 6) is -0.729. The van der Waals surface area contributed by atoms with Crippen LogP contribution in [0, 0.1) is 17.2 Å². The Morgan fingerprint density at radius 2 is 2.14 bits per heavy atom. The van der Waals surface area contributed by atoms with Crippen LogP contribution in [0.25, 0.3) is 0 Å².